The highest BCUT2D eigenvalue weighted by molar-refractivity contribution is 5.67. The van der Waals surface area contributed by atoms with Crippen LogP contribution in [0.5, 0.6) is 0 Å². The van der Waals surface area contributed by atoms with Gasteiger partial charge in [-0.2, -0.15) is 0 Å². The lowest BCUT2D eigenvalue weighted by atomic mass is 9.75. The summed E-state index contributed by atoms with van der Waals surface area (Å²) in [6.07, 6.45) is 14.6. The normalized spacial score (nSPS) is 23.4. The summed E-state index contributed by atoms with van der Waals surface area (Å²) in [5.74, 6) is 1.15. The molecule has 2 aliphatic carbocycles. The molecule has 0 bridgehead atoms. The number of aliphatic hydroxyl groups is 2. The van der Waals surface area contributed by atoms with E-state index in [0.29, 0.717) is 24.0 Å². The van der Waals surface area contributed by atoms with E-state index in [0.717, 1.165) is 37.7 Å². The molecule has 0 radical (unpaired) electrons. The summed E-state index contributed by atoms with van der Waals surface area (Å²) in [4.78, 5) is 11.8. The van der Waals surface area contributed by atoms with E-state index in [9.17, 15) is 15.0 Å². The Bertz CT molecular complexity index is 594. The van der Waals surface area contributed by atoms with Crippen molar-refractivity contribution in [3.8, 4) is 0 Å². The van der Waals surface area contributed by atoms with Gasteiger partial charge in [-0.1, -0.05) is 52.4 Å². The van der Waals surface area contributed by atoms with Gasteiger partial charge in [-0.3, -0.25) is 4.79 Å². The van der Waals surface area contributed by atoms with E-state index in [2.05, 4.69) is 6.92 Å². The topological polar surface area (TPSA) is 66.8 Å². The van der Waals surface area contributed by atoms with Crippen molar-refractivity contribution < 1.29 is 19.7 Å². The molecule has 2 N–H and O–H groups in total. The minimum absolute atomic E-state index is 0.206. The summed E-state index contributed by atoms with van der Waals surface area (Å²) in [5, 5.41) is 22.1. The number of ether oxygens (including phenoxy) is 1. The number of carbonyl (C=O) groups is 1. The standard InChI is InChI=1S/C26H44O4/c1-5-22(20-13-9-7-10-14-20)18(3)24(28)17-25(30-19(4)27)23(6-2)26(29)21-15-11-8-12-16-21/h17,20-23,26,28-29H,5-16H2,1-4H3/b24-18-,25-17-. The van der Waals surface area contributed by atoms with Crippen molar-refractivity contribution >= 4 is 5.97 Å². The average Bonchev–Trinajstić information content (AvgIpc) is 2.75. The second-order valence-electron chi connectivity index (χ2n) is 9.52. The van der Waals surface area contributed by atoms with E-state index in [-0.39, 0.29) is 17.6 Å². The summed E-state index contributed by atoms with van der Waals surface area (Å²) in [7, 11) is 0. The van der Waals surface area contributed by atoms with Crippen LogP contribution in [0.25, 0.3) is 0 Å². The van der Waals surface area contributed by atoms with Gasteiger partial charge in [0, 0.05) is 18.9 Å². The van der Waals surface area contributed by atoms with E-state index < -0.39 is 12.1 Å². The largest absolute Gasteiger partial charge is 0.508 e. The predicted molar refractivity (Wildman–Crippen MR) is 122 cm³/mol. The van der Waals surface area contributed by atoms with Gasteiger partial charge in [0.2, 0.25) is 0 Å². The van der Waals surface area contributed by atoms with Crippen molar-refractivity contribution in [2.24, 2.45) is 23.7 Å². The van der Waals surface area contributed by atoms with Crippen LogP contribution in [0.4, 0.5) is 0 Å². The second-order valence-corrected chi connectivity index (χ2v) is 9.52. The third-order valence-electron chi connectivity index (χ3n) is 7.51. The van der Waals surface area contributed by atoms with Crippen LogP contribution in [0, 0.1) is 23.7 Å². The number of allylic oxidation sites excluding steroid dienone is 2. The molecular formula is C26H44O4. The zero-order valence-corrected chi connectivity index (χ0v) is 19.7. The molecular weight excluding hydrogens is 376 g/mol. The van der Waals surface area contributed by atoms with Crippen LogP contribution in [0.2, 0.25) is 0 Å². The van der Waals surface area contributed by atoms with Gasteiger partial charge >= 0.3 is 5.97 Å². The first kappa shape index (κ1) is 25.0. The fourth-order valence-electron chi connectivity index (χ4n) is 5.76. The number of hydrogen-bond acceptors (Lipinski definition) is 4. The Balaban J connectivity index is 2.29. The first-order chi connectivity index (χ1) is 14.4. The van der Waals surface area contributed by atoms with Crippen LogP contribution in [0.3, 0.4) is 0 Å². The Kier molecular flexibility index (Phi) is 10.4. The summed E-state index contributed by atoms with van der Waals surface area (Å²) in [6, 6.07) is 0. The zero-order chi connectivity index (χ0) is 22.1. The van der Waals surface area contributed by atoms with Gasteiger partial charge < -0.3 is 14.9 Å². The monoisotopic (exact) mass is 420 g/mol. The summed E-state index contributed by atoms with van der Waals surface area (Å²) < 4.78 is 5.56. The van der Waals surface area contributed by atoms with Crippen LogP contribution >= 0.6 is 0 Å². The lowest BCUT2D eigenvalue weighted by Gasteiger charge is -2.33. The molecule has 0 amide bonds. The summed E-state index contributed by atoms with van der Waals surface area (Å²) in [5.41, 5.74) is 0.982. The van der Waals surface area contributed by atoms with E-state index >= 15 is 0 Å². The van der Waals surface area contributed by atoms with Gasteiger partial charge in [0.1, 0.15) is 11.5 Å². The Labute approximate surface area is 183 Å². The molecule has 0 saturated heterocycles. The minimum Gasteiger partial charge on any atom is -0.508 e. The molecule has 0 aromatic rings. The van der Waals surface area contributed by atoms with Crippen LogP contribution in [0.15, 0.2) is 23.2 Å². The van der Waals surface area contributed by atoms with Gasteiger partial charge in [-0.15, -0.1) is 0 Å². The first-order valence-corrected chi connectivity index (χ1v) is 12.4. The molecule has 172 valence electrons. The van der Waals surface area contributed by atoms with Gasteiger partial charge in [0.15, 0.2) is 0 Å². The lowest BCUT2D eigenvalue weighted by molar-refractivity contribution is -0.138. The Hall–Kier alpha value is -1.29. The van der Waals surface area contributed by atoms with Crippen molar-refractivity contribution in [3.05, 3.63) is 23.2 Å². The van der Waals surface area contributed by atoms with E-state index in [1.165, 1.54) is 45.4 Å². The molecule has 0 aromatic heterocycles. The van der Waals surface area contributed by atoms with Crippen molar-refractivity contribution in [1.29, 1.82) is 0 Å². The highest BCUT2D eigenvalue weighted by Gasteiger charge is 2.32. The maximum Gasteiger partial charge on any atom is 0.307 e. The molecule has 30 heavy (non-hydrogen) atoms. The number of hydrogen-bond donors (Lipinski definition) is 2. The van der Waals surface area contributed by atoms with Gasteiger partial charge in [-0.05, 0) is 68.8 Å². The molecule has 4 heteroatoms. The molecule has 0 heterocycles. The molecule has 2 saturated carbocycles. The summed E-state index contributed by atoms with van der Waals surface area (Å²) in [6.45, 7) is 7.60. The van der Waals surface area contributed by atoms with Crippen LogP contribution in [-0.4, -0.2) is 22.3 Å². The lowest BCUT2D eigenvalue weighted by Crippen LogP contribution is -2.32. The molecule has 2 rings (SSSR count). The number of rotatable bonds is 9. The smallest absolute Gasteiger partial charge is 0.307 e. The highest BCUT2D eigenvalue weighted by atomic mass is 16.5. The van der Waals surface area contributed by atoms with Crippen LogP contribution < -0.4 is 0 Å². The van der Waals surface area contributed by atoms with Crippen molar-refractivity contribution in [1.82, 2.24) is 0 Å². The third-order valence-corrected chi connectivity index (χ3v) is 7.51. The average molecular weight is 421 g/mol. The molecule has 0 spiro atoms. The van der Waals surface area contributed by atoms with Crippen LogP contribution in [0.1, 0.15) is 105 Å². The maximum atomic E-state index is 11.8. The molecule has 3 unspecified atom stereocenters. The van der Waals surface area contributed by atoms with Gasteiger partial charge in [0.25, 0.3) is 0 Å². The number of carbonyl (C=O) groups excluding carboxylic acids is 1. The Morgan fingerprint density at radius 3 is 1.93 bits per heavy atom. The minimum atomic E-state index is -0.547. The second kappa shape index (κ2) is 12.5. The molecule has 0 aliphatic heterocycles. The molecule has 2 fully saturated rings. The van der Waals surface area contributed by atoms with Crippen molar-refractivity contribution in [2.45, 2.75) is 111 Å². The Morgan fingerprint density at radius 2 is 1.47 bits per heavy atom. The number of esters is 1. The quantitative estimate of drug-likeness (QED) is 0.243. The van der Waals surface area contributed by atoms with Gasteiger partial charge in [0.05, 0.1) is 6.10 Å². The predicted octanol–water partition coefficient (Wildman–Crippen LogP) is 6.84. The molecule has 0 aromatic carbocycles. The van der Waals surface area contributed by atoms with Crippen molar-refractivity contribution in [3.63, 3.8) is 0 Å². The maximum absolute atomic E-state index is 11.8. The number of aliphatic hydroxyl groups excluding tert-OH is 2. The molecule has 2 aliphatic rings. The molecule has 4 nitrogen and oxygen atoms in total. The van der Waals surface area contributed by atoms with E-state index in [4.69, 9.17) is 4.74 Å². The Morgan fingerprint density at radius 1 is 0.933 bits per heavy atom. The first-order valence-electron chi connectivity index (χ1n) is 12.4. The van der Waals surface area contributed by atoms with Gasteiger partial charge in [-0.25, -0.2) is 0 Å². The highest BCUT2D eigenvalue weighted by Crippen LogP contribution is 2.38. The molecule has 3 atom stereocenters. The summed E-state index contributed by atoms with van der Waals surface area (Å²) >= 11 is 0. The SMILES string of the molecule is CCC(/C(C)=C(O)/C=C(\OC(C)=O)C(CC)C(O)C1CCCCC1)C1CCCCC1. The fourth-order valence-corrected chi connectivity index (χ4v) is 5.76. The zero-order valence-electron chi connectivity index (χ0n) is 19.7. The third kappa shape index (κ3) is 6.87. The van der Waals surface area contributed by atoms with Crippen molar-refractivity contribution in [2.75, 3.05) is 0 Å². The fraction of sp³-hybridized carbons (Fsp3) is 0.808. The van der Waals surface area contributed by atoms with E-state index in [1.54, 1.807) is 6.08 Å². The van der Waals surface area contributed by atoms with E-state index in [1.807, 2.05) is 13.8 Å². The van der Waals surface area contributed by atoms with Crippen LogP contribution in [-0.2, 0) is 9.53 Å².